The summed E-state index contributed by atoms with van der Waals surface area (Å²) in [4.78, 5) is 31.0. The molecule has 1 aliphatic heterocycles. The molecule has 3 fully saturated rings. The van der Waals surface area contributed by atoms with E-state index < -0.39 is 0 Å². The van der Waals surface area contributed by atoms with E-state index in [9.17, 15) is 9.59 Å². The van der Waals surface area contributed by atoms with E-state index in [2.05, 4.69) is 43.9 Å². The fourth-order valence-corrected chi connectivity index (χ4v) is 4.77. The number of halogens is 1. The molecule has 156 valence electrons. The van der Waals surface area contributed by atoms with E-state index in [0.29, 0.717) is 35.5 Å². The fraction of sp³-hybridized carbons (Fsp3) is 0.435. The van der Waals surface area contributed by atoms with Crippen LogP contribution in [0.3, 0.4) is 0 Å². The minimum absolute atomic E-state index is 0.104. The average molecular weight is 517 g/mol. The topological polar surface area (TPSA) is 71.5 Å². The maximum absolute atomic E-state index is 13.1. The van der Waals surface area contributed by atoms with Crippen molar-refractivity contribution in [2.45, 2.75) is 44.6 Å². The Bertz CT molecular complexity index is 987. The Hall–Kier alpha value is -2.16. The van der Waals surface area contributed by atoms with Crippen molar-refractivity contribution < 1.29 is 14.3 Å². The van der Waals surface area contributed by atoms with Gasteiger partial charge in [0.25, 0.3) is 5.91 Å². The molecule has 1 N–H and O–H groups in total. The number of Topliss-reactive ketones (excluding diaryl/α,β-unsaturated/α-hetero) is 1. The molecule has 1 aromatic heterocycles. The van der Waals surface area contributed by atoms with Gasteiger partial charge in [-0.25, -0.2) is 0 Å². The molecule has 0 unspecified atom stereocenters. The van der Waals surface area contributed by atoms with Crippen LogP contribution in [0.1, 0.15) is 48.9 Å². The number of aromatic nitrogens is 1. The molecule has 1 spiro atoms. The van der Waals surface area contributed by atoms with Crippen LogP contribution >= 0.6 is 22.6 Å². The molecule has 30 heavy (non-hydrogen) atoms. The normalized spacial score (nSPS) is 20.0. The zero-order valence-electron chi connectivity index (χ0n) is 16.7. The number of piperidine rings is 1. The standard InChI is InChI=1S/C23H24IN3O3/c24-15-4-5-18(19(12-15)27-10-8-23(6-7-23)9-11-27)22(29)26-20-2-1-3-21(25-20)30-17-13-16(28)14-17/h1-5,12,17H,6-11,13-14H2,(H,25,26,29). The summed E-state index contributed by atoms with van der Waals surface area (Å²) in [5.41, 5.74) is 2.26. The van der Waals surface area contributed by atoms with Crippen molar-refractivity contribution in [1.29, 1.82) is 0 Å². The van der Waals surface area contributed by atoms with Gasteiger partial charge in [-0.3, -0.25) is 9.59 Å². The summed E-state index contributed by atoms with van der Waals surface area (Å²) in [6.45, 7) is 2.00. The molecule has 1 aromatic carbocycles. The second-order valence-corrected chi connectivity index (χ2v) is 9.90. The minimum Gasteiger partial charge on any atom is -0.473 e. The first-order valence-corrected chi connectivity index (χ1v) is 11.6. The highest BCUT2D eigenvalue weighted by Gasteiger charge is 2.44. The number of ketones is 1. The van der Waals surface area contributed by atoms with Crippen molar-refractivity contribution in [3.05, 3.63) is 45.5 Å². The van der Waals surface area contributed by atoms with Crippen molar-refractivity contribution in [3.8, 4) is 5.88 Å². The van der Waals surface area contributed by atoms with Gasteiger partial charge in [0.1, 0.15) is 17.7 Å². The Labute approximate surface area is 189 Å². The lowest BCUT2D eigenvalue weighted by Gasteiger charge is -2.35. The number of benzene rings is 1. The SMILES string of the molecule is O=C1CC(Oc2cccc(NC(=O)c3ccc(I)cc3N3CCC4(CC3)CC4)n2)C1. The summed E-state index contributed by atoms with van der Waals surface area (Å²) < 4.78 is 6.84. The molecular formula is C23H24IN3O3. The molecular weight excluding hydrogens is 493 g/mol. The molecule has 0 radical (unpaired) electrons. The Morgan fingerprint density at radius 1 is 1.13 bits per heavy atom. The first-order valence-electron chi connectivity index (χ1n) is 10.5. The molecule has 6 nitrogen and oxygen atoms in total. The van der Waals surface area contributed by atoms with Crippen LogP contribution in [0.5, 0.6) is 5.88 Å². The van der Waals surface area contributed by atoms with Crippen LogP contribution in [0.15, 0.2) is 36.4 Å². The number of hydrogen-bond acceptors (Lipinski definition) is 5. The summed E-state index contributed by atoms with van der Waals surface area (Å²) in [6, 6.07) is 11.3. The van der Waals surface area contributed by atoms with Crippen LogP contribution in [0, 0.1) is 8.99 Å². The minimum atomic E-state index is -0.170. The van der Waals surface area contributed by atoms with Crippen LogP contribution in [0.25, 0.3) is 0 Å². The van der Waals surface area contributed by atoms with E-state index in [-0.39, 0.29) is 17.8 Å². The van der Waals surface area contributed by atoms with E-state index in [1.807, 2.05) is 12.1 Å². The smallest absolute Gasteiger partial charge is 0.258 e. The predicted octanol–water partition coefficient (Wildman–Crippen LogP) is 4.43. The highest BCUT2D eigenvalue weighted by Crippen LogP contribution is 2.54. The van der Waals surface area contributed by atoms with Crippen LogP contribution in [0.4, 0.5) is 11.5 Å². The summed E-state index contributed by atoms with van der Waals surface area (Å²) in [5, 5.41) is 2.92. The molecule has 1 amide bonds. The van der Waals surface area contributed by atoms with Gasteiger partial charge in [0.15, 0.2) is 0 Å². The number of amides is 1. The average Bonchev–Trinajstić information content (AvgIpc) is 3.46. The van der Waals surface area contributed by atoms with E-state index >= 15 is 0 Å². The monoisotopic (exact) mass is 517 g/mol. The lowest BCUT2D eigenvalue weighted by atomic mass is 9.93. The number of anilines is 2. The maximum Gasteiger partial charge on any atom is 0.258 e. The molecule has 2 aromatic rings. The van der Waals surface area contributed by atoms with E-state index in [1.165, 1.54) is 25.7 Å². The van der Waals surface area contributed by atoms with Gasteiger partial charge in [-0.2, -0.15) is 4.98 Å². The van der Waals surface area contributed by atoms with Crippen LogP contribution < -0.4 is 15.0 Å². The third-order valence-corrected chi connectivity index (χ3v) is 7.16. The summed E-state index contributed by atoms with van der Waals surface area (Å²) in [5.74, 6) is 0.916. The number of carbonyl (C=O) groups is 2. The molecule has 3 aliphatic rings. The van der Waals surface area contributed by atoms with Gasteiger partial charge in [-0.05, 0) is 78.0 Å². The summed E-state index contributed by atoms with van der Waals surface area (Å²) in [7, 11) is 0. The Balaban J connectivity index is 1.31. The van der Waals surface area contributed by atoms with Crippen molar-refractivity contribution in [2.24, 2.45) is 5.41 Å². The molecule has 2 heterocycles. The summed E-state index contributed by atoms with van der Waals surface area (Å²) in [6.07, 6.45) is 5.91. The van der Waals surface area contributed by atoms with E-state index in [1.54, 1.807) is 18.2 Å². The Morgan fingerprint density at radius 2 is 1.90 bits per heavy atom. The number of nitrogens with zero attached hydrogens (tertiary/aromatic N) is 2. The second-order valence-electron chi connectivity index (χ2n) is 8.65. The largest absolute Gasteiger partial charge is 0.473 e. The zero-order chi connectivity index (χ0) is 20.7. The quantitative estimate of drug-likeness (QED) is 0.595. The Morgan fingerprint density at radius 3 is 2.60 bits per heavy atom. The third-order valence-electron chi connectivity index (χ3n) is 6.49. The van der Waals surface area contributed by atoms with Gasteiger partial charge >= 0.3 is 0 Å². The third kappa shape index (κ3) is 4.17. The van der Waals surface area contributed by atoms with Crippen LogP contribution in [-0.4, -0.2) is 35.9 Å². The Kier molecular flexibility index (Phi) is 5.16. The lowest BCUT2D eigenvalue weighted by molar-refractivity contribution is -0.129. The van der Waals surface area contributed by atoms with Crippen molar-refractivity contribution >= 4 is 45.8 Å². The number of rotatable bonds is 5. The van der Waals surface area contributed by atoms with Gasteiger partial charge in [-0.15, -0.1) is 0 Å². The van der Waals surface area contributed by atoms with Crippen molar-refractivity contribution in [3.63, 3.8) is 0 Å². The molecule has 5 rings (SSSR count). The first kappa shape index (κ1) is 19.8. The van der Waals surface area contributed by atoms with Crippen LogP contribution in [-0.2, 0) is 4.79 Å². The van der Waals surface area contributed by atoms with Crippen molar-refractivity contribution in [2.75, 3.05) is 23.3 Å². The molecule has 0 bridgehead atoms. The highest BCUT2D eigenvalue weighted by atomic mass is 127. The predicted molar refractivity (Wildman–Crippen MR) is 123 cm³/mol. The molecule has 1 saturated heterocycles. The highest BCUT2D eigenvalue weighted by molar-refractivity contribution is 14.1. The molecule has 0 atom stereocenters. The number of pyridine rings is 1. The van der Waals surface area contributed by atoms with Gasteiger partial charge < -0.3 is 15.0 Å². The van der Waals surface area contributed by atoms with Gasteiger partial charge in [-0.1, -0.05) is 6.07 Å². The lowest BCUT2D eigenvalue weighted by Crippen LogP contribution is -2.35. The van der Waals surface area contributed by atoms with Gasteiger partial charge in [0, 0.05) is 35.6 Å². The van der Waals surface area contributed by atoms with E-state index in [0.717, 1.165) is 22.3 Å². The summed E-state index contributed by atoms with van der Waals surface area (Å²) >= 11 is 2.30. The number of carbonyl (C=O) groups excluding carboxylic acids is 2. The van der Waals surface area contributed by atoms with Gasteiger partial charge in [0.2, 0.25) is 5.88 Å². The maximum atomic E-state index is 13.1. The second kappa shape index (κ2) is 7.83. The number of ether oxygens (including phenoxy) is 1. The van der Waals surface area contributed by atoms with Gasteiger partial charge in [0.05, 0.1) is 11.3 Å². The molecule has 2 saturated carbocycles. The molecule has 2 aliphatic carbocycles. The van der Waals surface area contributed by atoms with E-state index in [4.69, 9.17) is 4.74 Å². The zero-order valence-corrected chi connectivity index (χ0v) is 18.9. The number of nitrogens with one attached hydrogen (secondary N) is 1. The number of hydrogen-bond donors (Lipinski definition) is 1. The van der Waals surface area contributed by atoms with Crippen LogP contribution in [0.2, 0.25) is 0 Å². The fourth-order valence-electron chi connectivity index (χ4n) is 4.29. The molecule has 7 heteroatoms. The van der Waals surface area contributed by atoms with Crippen molar-refractivity contribution in [1.82, 2.24) is 4.98 Å². The first-order chi connectivity index (χ1) is 14.5.